The maximum atomic E-state index is 11.4. The second kappa shape index (κ2) is 5.72. The summed E-state index contributed by atoms with van der Waals surface area (Å²) in [5, 5.41) is 14.4. The van der Waals surface area contributed by atoms with Crippen LogP contribution < -0.4 is 10.6 Å². The number of carboxylic acid groups (broad SMARTS) is 1. The third-order valence-corrected chi connectivity index (χ3v) is 3.33. The summed E-state index contributed by atoms with van der Waals surface area (Å²) in [5.41, 5.74) is -0.761. The van der Waals surface area contributed by atoms with Gasteiger partial charge in [0, 0.05) is 13.6 Å². The number of carboxylic acids is 1. The number of rotatable bonds is 3. The Bertz CT molecular complexity index is 258. The third kappa shape index (κ3) is 3.12. The van der Waals surface area contributed by atoms with Gasteiger partial charge in [0.15, 0.2) is 0 Å². The molecule has 0 radical (unpaired) electrons. The first-order valence-electron chi connectivity index (χ1n) is 5.80. The molecule has 0 aromatic heterocycles. The number of nitrogens with one attached hydrogen (secondary N) is 2. The fraction of sp³-hybridized carbons (Fsp3) is 0.818. The van der Waals surface area contributed by atoms with Crippen LogP contribution in [-0.4, -0.2) is 30.7 Å². The summed E-state index contributed by atoms with van der Waals surface area (Å²) in [4.78, 5) is 22.4. The van der Waals surface area contributed by atoms with E-state index < -0.39 is 11.4 Å². The minimum Gasteiger partial charge on any atom is -0.481 e. The van der Waals surface area contributed by atoms with Crippen LogP contribution in [0, 0.1) is 5.41 Å². The molecule has 16 heavy (non-hydrogen) atoms. The van der Waals surface area contributed by atoms with Crippen LogP contribution >= 0.6 is 0 Å². The molecule has 0 unspecified atom stereocenters. The lowest BCUT2D eigenvalue weighted by atomic mass is 9.80. The van der Waals surface area contributed by atoms with Gasteiger partial charge in [-0.1, -0.05) is 25.7 Å². The van der Waals surface area contributed by atoms with Gasteiger partial charge in [-0.2, -0.15) is 0 Å². The second-order valence-electron chi connectivity index (χ2n) is 4.43. The highest BCUT2D eigenvalue weighted by atomic mass is 16.4. The maximum Gasteiger partial charge on any atom is 0.314 e. The average Bonchev–Trinajstić information content (AvgIpc) is 2.52. The summed E-state index contributed by atoms with van der Waals surface area (Å²) >= 11 is 0. The van der Waals surface area contributed by atoms with Crippen LogP contribution in [0.4, 0.5) is 4.79 Å². The molecule has 0 aliphatic heterocycles. The van der Waals surface area contributed by atoms with E-state index in [1.165, 1.54) is 7.05 Å². The van der Waals surface area contributed by atoms with E-state index in [-0.39, 0.29) is 12.6 Å². The van der Waals surface area contributed by atoms with E-state index in [4.69, 9.17) is 0 Å². The van der Waals surface area contributed by atoms with Gasteiger partial charge in [0.2, 0.25) is 0 Å². The zero-order valence-electron chi connectivity index (χ0n) is 9.71. The van der Waals surface area contributed by atoms with Crippen LogP contribution in [0.3, 0.4) is 0 Å². The number of carbonyl (C=O) groups excluding carboxylic acids is 1. The normalized spacial score (nSPS) is 19.6. The molecule has 3 N–H and O–H groups in total. The van der Waals surface area contributed by atoms with Gasteiger partial charge in [0.05, 0.1) is 5.41 Å². The molecule has 0 saturated heterocycles. The Balaban J connectivity index is 2.63. The molecule has 0 spiro atoms. The molecule has 0 heterocycles. The molecule has 5 nitrogen and oxygen atoms in total. The van der Waals surface area contributed by atoms with Crippen LogP contribution in [0.15, 0.2) is 0 Å². The fourth-order valence-electron chi connectivity index (χ4n) is 2.21. The predicted molar refractivity (Wildman–Crippen MR) is 60.2 cm³/mol. The van der Waals surface area contributed by atoms with Crippen molar-refractivity contribution < 1.29 is 14.7 Å². The molecular formula is C11H20N2O3. The van der Waals surface area contributed by atoms with Gasteiger partial charge in [0.25, 0.3) is 0 Å². The van der Waals surface area contributed by atoms with Crippen LogP contribution in [0.25, 0.3) is 0 Å². The molecule has 5 heteroatoms. The Morgan fingerprint density at radius 1 is 1.19 bits per heavy atom. The zero-order valence-corrected chi connectivity index (χ0v) is 9.71. The van der Waals surface area contributed by atoms with E-state index in [1.54, 1.807) is 0 Å². The van der Waals surface area contributed by atoms with E-state index in [9.17, 15) is 14.7 Å². The van der Waals surface area contributed by atoms with Crippen LogP contribution in [0.1, 0.15) is 38.5 Å². The summed E-state index contributed by atoms with van der Waals surface area (Å²) in [6.07, 6.45) is 5.37. The largest absolute Gasteiger partial charge is 0.481 e. The Morgan fingerprint density at radius 3 is 2.19 bits per heavy atom. The average molecular weight is 228 g/mol. The Hall–Kier alpha value is -1.26. The molecule has 1 rings (SSSR count). The highest BCUT2D eigenvalue weighted by Crippen LogP contribution is 2.34. The number of carbonyl (C=O) groups is 2. The number of hydrogen-bond donors (Lipinski definition) is 3. The van der Waals surface area contributed by atoms with Gasteiger partial charge < -0.3 is 15.7 Å². The molecule has 2 amide bonds. The maximum absolute atomic E-state index is 11.4. The van der Waals surface area contributed by atoms with Crippen LogP contribution in [0.5, 0.6) is 0 Å². The molecule has 0 atom stereocenters. The van der Waals surface area contributed by atoms with Crippen LogP contribution in [0.2, 0.25) is 0 Å². The first-order chi connectivity index (χ1) is 7.60. The molecule has 92 valence electrons. The molecule has 1 saturated carbocycles. The van der Waals surface area contributed by atoms with E-state index in [2.05, 4.69) is 10.6 Å². The topological polar surface area (TPSA) is 78.4 Å². The van der Waals surface area contributed by atoms with Crippen molar-refractivity contribution in [3.8, 4) is 0 Å². The van der Waals surface area contributed by atoms with Gasteiger partial charge in [-0.05, 0) is 12.8 Å². The van der Waals surface area contributed by atoms with Crippen molar-refractivity contribution in [2.24, 2.45) is 5.41 Å². The SMILES string of the molecule is CNC(=O)NCC1(C(=O)O)CCCCCC1. The summed E-state index contributed by atoms with van der Waals surface area (Å²) in [7, 11) is 1.52. The van der Waals surface area contributed by atoms with Crippen molar-refractivity contribution in [2.45, 2.75) is 38.5 Å². The minimum absolute atomic E-state index is 0.224. The smallest absolute Gasteiger partial charge is 0.314 e. The minimum atomic E-state index is -0.786. The van der Waals surface area contributed by atoms with Crippen molar-refractivity contribution >= 4 is 12.0 Å². The lowest BCUT2D eigenvalue weighted by molar-refractivity contribution is -0.149. The first-order valence-corrected chi connectivity index (χ1v) is 5.80. The Morgan fingerprint density at radius 2 is 1.75 bits per heavy atom. The van der Waals surface area contributed by atoms with Crippen molar-refractivity contribution in [3.63, 3.8) is 0 Å². The zero-order chi connectivity index (χ0) is 12.0. The number of amides is 2. The number of aliphatic carboxylic acids is 1. The van der Waals surface area contributed by atoms with Crippen molar-refractivity contribution in [2.75, 3.05) is 13.6 Å². The van der Waals surface area contributed by atoms with Gasteiger partial charge >= 0.3 is 12.0 Å². The highest BCUT2D eigenvalue weighted by Gasteiger charge is 2.38. The monoisotopic (exact) mass is 228 g/mol. The molecule has 1 aliphatic carbocycles. The molecule has 0 bridgehead atoms. The van der Waals surface area contributed by atoms with Gasteiger partial charge in [-0.3, -0.25) is 4.79 Å². The van der Waals surface area contributed by atoms with Gasteiger partial charge in [0.1, 0.15) is 0 Å². The van der Waals surface area contributed by atoms with E-state index in [1.807, 2.05) is 0 Å². The standard InChI is InChI=1S/C11H20N2O3/c1-12-10(16)13-8-11(9(14)15)6-4-2-3-5-7-11/h2-8H2,1H3,(H,14,15)(H2,12,13,16). The van der Waals surface area contributed by atoms with Gasteiger partial charge in [-0.25, -0.2) is 4.79 Å². The van der Waals surface area contributed by atoms with E-state index in [0.717, 1.165) is 25.7 Å². The molecule has 1 fully saturated rings. The summed E-state index contributed by atoms with van der Waals surface area (Å²) in [6, 6.07) is -0.315. The highest BCUT2D eigenvalue weighted by molar-refractivity contribution is 5.78. The lowest BCUT2D eigenvalue weighted by Gasteiger charge is -2.28. The Kier molecular flexibility index (Phi) is 4.58. The molecular weight excluding hydrogens is 208 g/mol. The molecule has 0 aromatic carbocycles. The van der Waals surface area contributed by atoms with E-state index in [0.29, 0.717) is 12.8 Å². The number of hydrogen-bond acceptors (Lipinski definition) is 2. The molecule has 1 aliphatic rings. The number of urea groups is 1. The van der Waals surface area contributed by atoms with Crippen LogP contribution in [-0.2, 0) is 4.79 Å². The first kappa shape index (κ1) is 12.8. The Labute approximate surface area is 95.6 Å². The summed E-state index contributed by atoms with van der Waals surface area (Å²) < 4.78 is 0. The quantitative estimate of drug-likeness (QED) is 0.638. The summed E-state index contributed by atoms with van der Waals surface area (Å²) in [6.45, 7) is 0.224. The summed E-state index contributed by atoms with van der Waals surface area (Å²) in [5.74, 6) is -0.786. The van der Waals surface area contributed by atoms with Crippen molar-refractivity contribution in [3.05, 3.63) is 0 Å². The second-order valence-corrected chi connectivity index (χ2v) is 4.43. The van der Waals surface area contributed by atoms with E-state index >= 15 is 0 Å². The third-order valence-electron chi connectivity index (χ3n) is 3.33. The molecule has 0 aromatic rings. The predicted octanol–water partition coefficient (Wildman–Crippen LogP) is 1.34. The van der Waals surface area contributed by atoms with Crippen molar-refractivity contribution in [1.29, 1.82) is 0 Å². The fourth-order valence-corrected chi connectivity index (χ4v) is 2.21. The van der Waals surface area contributed by atoms with Crippen molar-refractivity contribution in [1.82, 2.24) is 10.6 Å². The van der Waals surface area contributed by atoms with Gasteiger partial charge in [-0.15, -0.1) is 0 Å². The lowest BCUT2D eigenvalue weighted by Crippen LogP contribution is -2.45.